The molecule has 2 rings (SSSR count). The molecule has 0 aliphatic carbocycles. The van der Waals surface area contributed by atoms with Gasteiger partial charge in [0, 0.05) is 18.1 Å². The number of H-pyrrole nitrogens is 1. The summed E-state index contributed by atoms with van der Waals surface area (Å²) in [6, 6.07) is 8.29. The van der Waals surface area contributed by atoms with E-state index in [0.29, 0.717) is 0 Å². The molecule has 2 N–H and O–H groups in total. The van der Waals surface area contributed by atoms with E-state index in [1.54, 1.807) is 6.20 Å². The van der Waals surface area contributed by atoms with Gasteiger partial charge in [-0.2, -0.15) is 0 Å². The number of imidazole rings is 1. The Morgan fingerprint density at radius 3 is 3.07 bits per heavy atom. The molecule has 0 unspecified atom stereocenters. The number of hydrogen-bond donors (Lipinski definition) is 2. The van der Waals surface area contributed by atoms with Crippen molar-refractivity contribution in [3.8, 4) is 0 Å². The van der Waals surface area contributed by atoms with Gasteiger partial charge in [0.2, 0.25) is 0 Å². The predicted molar refractivity (Wildman–Crippen MR) is 57.1 cm³/mol. The fourth-order valence-electron chi connectivity index (χ4n) is 1.34. The van der Waals surface area contributed by atoms with Crippen molar-refractivity contribution in [2.75, 3.05) is 5.32 Å². The van der Waals surface area contributed by atoms with Crippen LogP contribution in [-0.4, -0.2) is 9.97 Å². The number of nitrogens with one attached hydrogen (secondary N) is 2. The summed E-state index contributed by atoms with van der Waals surface area (Å²) in [5.74, 6) is 0.950. The first-order chi connectivity index (χ1) is 6.84. The van der Waals surface area contributed by atoms with Crippen molar-refractivity contribution in [2.45, 2.75) is 13.5 Å². The number of nitrogens with zero attached hydrogens (tertiary/aromatic N) is 1. The van der Waals surface area contributed by atoms with Crippen LogP contribution >= 0.6 is 0 Å². The summed E-state index contributed by atoms with van der Waals surface area (Å²) in [6.45, 7) is 2.81. The van der Waals surface area contributed by atoms with Gasteiger partial charge in [-0.25, -0.2) is 4.98 Å². The Kier molecular flexibility index (Phi) is 2.49. The first-order valence-corrected chi connectivity index (χ1v) is 4.63. The third-order valence-electron chi connectivity index (χ3n) is 2.03. The third kappa shape index (κ3) is 2.13. The zero-order valence-corrected chi connectivity index (χ0v) is 8.12. The zero-order valence-electron chi connectivity index (χ0n) is 8.12. The van der Waals surface area contributed by atoms with Crippen LogP contribution in [0.4, 0.5) is 5.69 Å². The molecule has 3 nitrogen and oxygen atoms in total. The molecule has 3 heteroatoms. The Morgan fingerprint density at radius 1 is 1.43 bits per heavy atom. The molecular formula is C11H13N3. The van der Waals surface area contributed by atoms with Crippen LogP contribution in [0.3, 0.4) is 0 Å². The van der Waals surface area contributed by atoms with Crippen molar-refractivity contribution in [2.24, 2.45) is 0 Å². The van der Waals surface area contributed by atoms with Crippen molar-refractivity contribution < 1.29 is 0 Å². The first kappa shape index (κ1) is 8.81. The molecule has 0 amide bonds. The van der Waals surface area contributed by atoms with Crippen molar-refractivity contribution >= 4 is 5.69 Å². The summed E-state index contributed by atoms with van der Waals surface area (Å²) in [7, 11) is 0. The molecule has 1 heterocycles. The molecule has 0 aliphatic heterocycles. The summed E-state index contributed by atoms with van der Waals surface area (Å²) in [5.41, 5.74) is 2.39. The van der Waals surface area contributed by atoms with Gasteiger partial charge in [0.1, 0.15) is 5.82 Å². The lowest BCUT2D eigenvalue weighted by atomic mass is 10.2. The summed E-state index contributed by atoms with van der Waals surface area (Å²) in [6.07, 6.45) is 3.58. The number of hydrogen-bond acceptors (Lipinski definition) is 2. The Labute approximate surface area is 83.2 Å². The summed E-state index contributed by atoms with van der Waals surface area (Å²) >= 11 is 0. The number of aromatic amines is 1. The van der Waals surface area contributed by atoms with E-state index in [2.05, 4.69) is 40.4 Å². The van der Waals surface area contributed by atoms with Crippen LogP contribution in [0.5, 0.6) is 0 Å². The predicted octanol–water partition coefficient (Wildman–Crippen LogP) is 2.33. The van der Waals surface area contributed by atoms with Gasteiger partial charge in [-0.3, -0.25) is 0 Å². The normalized spacial score (nSPS) is 10.1. The average molecular weight is 187 g/mol. The number of anilines is 1. The first-order valence-electron chi connectivity index (χ1n) is 4.63. The molecule has 0 saturated heterocycles. The second kappa shape index (κ2) is 3.96. The summed E-state index contributed by atoms with van der Waals surface area (Å²) in [4.78, 5) is 7.18. The molecule has 14 heavy (non-hydrogen) atoms. The maximum Gasteiger partial charge on any atom is 0.125 e. The van der Waals surface area contributed by atoms with Gasteiger partial charge in [0.25, 0.3) is 0 Å². The highest BCUT2D eigenvalue weighted by Crippen LogP contribution is 2.09. The van der Waals surface area contributed by atoms with Gasteiger partial charge >= 0.3 is 0 Å². The average Bonchev–Trinajstić information content (AvgIpc) is 2.67. The van der Waals surface area contributed by atoms with Gasteiger partial charge in [-0.05, 0) is 24.6 Å². The van der Waals surface area contributed by atoms with Crippen LogP contribution in [0.2, 0.25) is 0 Å². The highest BCUT2D eigenvalue weighted by Gasteiger charge is 1.94. The van der Waals surface area contributed by atoms with E-state index in [9.17, 15) is 0 Å². The number of aryl methyl sites for hydroxylation is 1. The van der Waals surface area contributed by atoms with Crippen molar-refractivity contribution in [1.82, 2.24) is 9.97 Å². The molecule has 72 valence electrons. The lowest BCUT2D eigenvalue weighted by Gasteiger charge is -2.04. The Morgan fingerprint density at radius 2 is 2.36 bits per heavy atom. The highest BCUT2D eigenvalue weighted by atomic mass is 15.0. The standard InChI is InChI=1S/C11H13N3/c1-9-3-2-4-10(7-9)14-8-11-12-5-6-13-11/h2-7,14H,8H2,1H3,(H,12,13). The van der Waals surface area contributed by atoms with Crippen LogP contribution in [-0.2, 0) is 6.54 Å². The molecular weight excluding hydrogens is 174 g/mol. The van der Waals surface area contributed by atoms with E-state index in [-0.39, 0.29) is 0 Å². The van der Waals surface area contributed by atoms with Crippen molar-refractivity contribution in [3.63, 3.8) is 0 Å². The van der Waals surface area contributed by atoms with Gasteiger partial charge in [-0.15, -0.1) is 0 Å². The second-order valence-electron chi connectivity index (χ2n) is 3.26. The Hall–Kier alpha value is -1.77. The molecule has 0 bridgehead atoms. The van der Waals surface area contributed by atoms with E-state index in [4.69, 9.17) is 0 Å². The molecule has 0 fully saturated rings. The van der Waals surface area contributed by atoms with Crippen LogP contribution in [0.15, 0.2) is 36.7 Å². The molecule has 0 saturated carbocycles. The second-order valence-corrected chi connectivity index (χ2v) is 3.26. The van der Waals surface area contributed by atoms with Crippen molar-refractivity contribution in [3.05, 3.63) is 48.0 Å². The van der Waals surface area contributed by atoms with Gasteiger partial charge < -0.3 is 10.3 Å². The van der Waals surface area contributed by atoms with Gasteiger partial charge in [0.15, 0.2) is 0 Å². The lowest BCUT2D eigenvalue weighted by molar-refractivity contribution is 1.000. The Bertz CT molecular complexity index is 393. The minimum atomic E-state index is 0.733. The topological polar surface area (TPSA) is 40.7 Å². The number of benzene rings is 1. The largest absolute Gasteiger partial charge is 0.378 e. The molecule has 0 aliphatic rings. The van der Waals surface area contributed by atoms with E-state index >= 15 is 0 Å². The molecule has 0 spiro atoms. The molecule has 1 aromatic carbocycles. The van der Waals surface area contributed by atoms with Crippen LogP contribution < -0.4 is 5.32 Å². The fourth-order valence-corrected chi connectivity index (χ4v) is 1.34. The molecule has 0 radical (unpaired) electrons. The minimum absolute atomic E-state index is 0.733. The number of aromatic nitrogens is 2. The minimum Gasteiger partial charge on any atom is -0.378 e. The van der Waals surface area contributed by atoms with E-state index in [1.807, 2.05) is 12.3 Å². The van der Waals surface area contributed by atoms with Gasteiger partial charge in [-0.1, -0.05) is 12.1 Å². The SMILES string of the molecule is Cc1cccc(NCc2ncc[nH]2)c1. The number of rotatable bonds is 3. The maximum absolute atomic E-state index is 4.14. The van der Waals surface area contributed by atoms with E-state index in [1.165, 1.54) is 5.56 Å². The van der Waals surface area contributed by atoms with E-state index in [0.717, 1.165) is 18.1 Å². The highest BCUT2D eigenvalue weighted by molar-refractivity contribution is 5.45. The molecule has 2 aromatic rings. The zero-order chi connectivity index (χ0) is 9.80. The molecule has 0 atom stereocenters. The lowest BCUT2D eigenvalue weighted by Crippen LogP contribution is -2.00. The van der Waals surface area contributed by atoms with E-state index < -0.39 is 0 Å². The Balaban J connectivity index is 1.98. The van der Waals surface area contributed by atoms with Gasteiger partial charge in [0.05, 0.1) is 6.54 Å². The van der Waals surface area contributed by atoms with Crippen molar-refractivity contribution in [1.29, 1.82) is 0 Å². The van der Waals surface area contributed by atoms with Crippen LogP contribution in [0, 0.1) is 6.92 Å². The quantitative estimate of drug-likeness (QED) is 0.774. The van der Waals surface area contributed by atoms with Crippen LogP contribution in [0.1, 0.15) is 11.4 Å². The smallest absolute Gasteiger partial charge is 0.125 e. The third-order valence-corrected chi connectivity index (χ3v) is 2.03. The van der Waals surface area contributed by atoms with Crippen LogP contribution in [0.25, 0.3) is 0 Å². The monoisotopic (exact) mass is 187 g/mol. The molecule has 1 aromatic heterocycles. The summed E-state index contributed by atoms with van der Waals surface area (Å²) in [5, 5.41) is 3.29. The summed E-state index contributed by atoms with van der Waals surface area (Å²) < 4.78 is 0. The maximum atomic E-state index is 4.14. The fraction of sp³-hybridized carbons (Fsp3) is 0.182.